The molecule has 0 saturated carbocycles. The lowest BCUT2D eigenvalue weighted by molar-refractivity contribution is -0.116. The topological polar surface area (TPSA) is 41.1 Å². The summed E-state index contributed by atoms with van der Waals surface area (Å²) in [6, 6.07) is 18.2. The van der Waals surface area contributed by atoms with Gasteiger partial charge in [-0.05, 0) is 56.1 Å². The fourth-order valence-electron chi connectivity index (χ4n) is 2.78. The highest BCUT2D eigenvalue weighted by Crippen LogP contribution is 2.33. The van der Waals surface area contributed by atoms with Gasteiger partial charge in [0.1, 0.15) is 0 Å². The van der Waals surface area contributed by atoms with E-state index in [-0.39, 0.29) is 5.91 Å². The maximum absolute atomic E-state index is 12.2. The predicted molar refractivity (Wildman–Crippen MR) is 95.8 cm³/mol. The first-order valence-electron chi connectivity index (χ1n) is 8.14. The molecule has 1 saturated heterocycles. The van der Waals surface area contributed by atoms with Crippen molar-refractivity contribution in [3.8, 4) is 0 Å². The molecule has 2 N–H and O–H groups in total. The average molecular weight is 326 g/mol. The molecule has 120 valence electrons. The van der Waals surface area contributed by atoms with Crippen molar-refractivity contribution >= 4 is 23.4 Å². The number of carbonyl (C=O) groups excluding carboxylic acids is 1. The lowest BCUT2D eigenvalue weighted by Gasteiger charge is -2.12. The normalized spacial score (nSPS) is 17.1. The number of rotatable bonds is 6. The highest BCUT2D eigenvalue weighted by molar-refractivity contribution is 7.99. The minimum Gasteiger partial charge on any atom is -0.325 e. The predicted octanol–water partition coefficient (Wildman–Crippen LogP) is 4.17. The summed E-state index contributed by atoms with van der Waals surface area (Å²) in [5.41, 5.74) is 0.899. The number of nitrogens with one attached hydrogen (secondary N) is 2. The number of amides is 1. The van der Waals surface area contributed by atoms with Gasteiger partial charge in [-0.1, -0.05) is 42.1 Å². The van der Waals surface area contributed by atoms with E-state index in [1.54, 1.807) is 11.8 Å². The Balaban J connectivity index is 1.59. The van der Waals surface area contributed by atoms with Crippen molar-refractivity contribution in [2.24, 2.45) is 5.92 Å². The van der Waals surface area contributed by atoms with Crippen molar-refractivity contribution < 1.29 is 4.79 Å². The molecular weight excluding hydrogens is 304 g/mol. The molecule has 2 aromatic rings. The number of para-hydroxylation sites is 1. The fourth-order valence-corrected chi connectivity index (χ4v) is 3.71. The van der Waals surface area contributed by atoms with Gasteiger partial charge in [0, 0.05) is 16.2 Å². The molecule has 0 aliphatic carbocycles. The molecule has 0 radical (unpaired) electrons. The standard InChI is InChI=1S/C19H22N2OS/c22-19(11-10-15-12-13-20-14-15)21-17-8-4-5-9-18(17)23-16-6-2-1-3-7-16/h1-9,15,20H,10-14H2,(H,21,22). The van der Waals surface area contributed by atoms with E-state index in [0.29, 0.717) is 12.3 Å². The Kier molecular flexibility index (Phi) is 5.72. The zero-order chi connectivity index (χ0) is 15.9. The van der Waals surface area contributed by atoms with Crippen LogP contribution in [-0.2, 0) is 4.79 Å². The van der Waals surface area contributed by atoms with Crippen LogP contribution in [-0.4, -0.2) is 19.0 Å². The van der Waals surface area contributed by atoms with Crippen LogP contribution < -0.4 is 10.6 Å². The van der Waals surface area contributed by atoms with Crippen molar-refractivity contribution in [3.05, 3.63) is 54.6 Å². The third-order valence-electron chi connectivity index (χ3n) is 4.07. The molecule has 1 heterocycles. The van der Waals surface area contributed by atoms with E-state index in [9.17, 15) is 4.79 Å². The molecule has 1 aliphatic heterocycles. The fraction of sp³-hybridized carbons (Fsp3) is 0.316. The summed E-state index contributed by atoms with van der Waals surface area (Å²) < 4.78 is 0. The van der Waals surface area contributed by atoms with Gasteiger partial charge in [0.25, 0.3) is 0 Å². The van der Waals surface area contributed by atoms with Crippen LogP contribution in [0.1, 0.15) is 19.3 Å². The van der Waals surface area contributed by atoms with E-state index in [1.807, 2.05) is 42.5 Å². The highest BCUT2D eigenvalue weighted by atomic mass is 32.2. The molecule has 4 heteroatoms. The second kappa shape index (κ2) is 8.18. The van der Waals surface area contributed by atoms with Gasteiger partial charge in [0.15, 0.2) is 0 Å². The minimum atomic E-state index is 0.109. The molecule has 0 aromatic heterocycles. The Morgan fingerprint density at radius 2 is 1.91 bits per heavy atom. The van der Waals surface area contributed by atoms with Crippen LogP contribution >= 0.6 is 11.8 Å². The highest BCUT2D eigenvalue weighted by Gasteiger charge is 2.16. The zero-order valence-electron chi connectivity index (χ0n) is 13.1. The number of anilines is 1. The molecule has 3 rings (SSSR count). The van der Waals surface area contributed by atoms with Crippen molar-refractivity contribution in [2.75, 3.05) is 18.4 Å². The maximum atomic E-state index is 12.2. The molecule has 1 unspecified atom stereocenters. The van der Waals surface area contributed by atoms with Crippen LogP contribution in [0.3, 0.4) is 0 Å². The Hall–Kier alpha value is -1.78. The molecule has 0 bridgehead atoms. The van der Waals surface area contributed by atoms with Crippen molar-refractivity contribution in [2.45, 2.75) is 29.1 Å². The van der Waals surface area contributed by atoms with Crippen LogP contribution in [0.15, 0.2) is 64.4 Å². The van der Waals surface area contributed by atoms with Crippen LogP contribution in [0, 0.1) is 5.92 Å². The third-order valence-corrected chi connectivity index (χ3v) is 5.16. The van der Waals surface area contributed by atoms with Crippen molar-refractivity contribution in [3.63, 3.8) is 0 Å². The van der Waals surface area contributed by atoms with Gasteiger partial charge in [-0.3, -0.25) is 4.79 Å². The summed E-state index contributed by atoms with van der Waals surface area (Å²) in [4.78, 5) is 14.5. The van der Waals surface area contributed by atoms with Gasteiger partial charge in [0.2, 0.25) is 5.91 Å². The Morgan fingerprint density at radius 1 is 1.13 bits per heavy atom. The molecule has 23 heavy (non-hydrogen) atoms. The first kappa shape index (κ1) is 16.1. The number of hydrogen-bond acceptors (Lipinski definition) is 3. The molecule has 0 spiro atoms. The number of benzene rings is 2. The molecule has 1 amide bonds. The lowest BCUT2D eigenvalue weighted by Crippen LogP contribution is -2.15. The van der Waals surface area contributed by atoms with Gasteiger partial charge in [-0.2, -0.15) is 0 Å². The second-order valence-corrected chi connectivity index (χ2v) is 6.97. The Morgan fingerprint density at radius 3 is 2.70 bits per heavy atom. The monoisotopic (exact) mass is 326 g/mol. The van der Waals surface area contributed by atoms with E-state index < -0.39 is 0 Å². The summed E-state index contributed by atoms with van der Waals surface area (Å²) >= 11 is 1.67. The molecule has 2 aromatic carbocycles. The first-order chi connectivity index (χ1) is 11.3. The summed E-state index contributed by atoms with van der Waals surface area (Å²) in [5, 5.41) is 6.42. The van der Waals surface area contributed by atoms with Crippen LogP contribution in [0.4, 0.5) is 5.69 Å². The van der Waals surface area contributed by atoms with Gasteiger partial charge in [-0.15, -0.1) is 0 Å². The van der Waals surface area contributed by atoms with E-state index >= 15 is 0 Å². The van der Waals surface area contributed by atoms with Crippen LogP contribution in [0.5, 0.6) is 0 Å². The van der Waals surface area contributed by atoms with E-state index in [4.69, 9.17) is 0 Å². The van der Waals surface area contributed by atoms with Gasteiger partial charge < -0.3 is 10.6 Å². The Bertz CT molecular complexity index is 639. The van der Waals surface area contributed by atoms with E-state index in [1.165, 1.54) is 11.3 Å². The van der Waals surface area contributed by atoms with Crippen molar-refractivity contribution in [1.29, 1.82) is 0 Å². The molecule has 1 aliphatic rings. The van der Waals surface area contributed by atoms with E-state index in [0.717, 1.165) is 30.1 Å². The second-order valence-electron chi connectivity index (χ2n) is 5.86. The van der Waals surface area contributed by atoms with Gasteiger partial charge in [0.05, 0.1) is 5.69 Å². The summed E-state index contributed by atoms with van der Waals surface area (Å²) in [6.07, 6.45) is 2.75. The molecule has 1 atom stereocenters. The van der Waals surface area contributed by atoms with Gasteiger partial charge >= 0.3 is 0 Å². The zero-order valence-corrected chi connectivity index (χ0v) is 13.9. The SMILES string of the molecule is O=C(CCC1CCNC1)Nc1ccccc1Sc1ccccc1. The summed E-state index contributed by atoms with van der Waals surface area (Å²) in [7, 11) is 0. The van der Waals surface area contributed by atoms with Crippen LogP contribution in [0.2, 0.25) is 0 Å². The molecule has 3 nitrogen and oxygen atoms in total. The van der Waals surface area contributed by atoms with Crippen LogP contribution in [0.25, 0.3) is 0 Å². The molecule has 1 fully saturated rings. The number of hydrogen-bond donors (Lipinski definition) is 2. The summed E-state index contributed by atoms with van der Waals surface area (Å²) in [5.74, 6) is 0.757. The number of carbonyl (C=O) groups is 1. The Labute approximate surface area is 141 Å². The first-order valence-corrected chi connectivity index (χ1v) is 8.95. The summed E-state index contributed by atoms with van der Waals surface area (Å²) in [6.45, 7) is 2.14. The molecular formula is C19H22N2OS. The van der Waals surface area contributed by atoms with Gasteiger partial charge in [-0.25, -0.2) is 0 Å². The average Bonchev–Trinajstić information content (AvgIpc) is 3.09. The van der Waals surface area contributed by atoms with Crippen molar-refractivity contribution in [1.82, 2.24) is 5.32 Å². The largest absolute Gasteiger partial charge is 0.325 e. The lowest BCUT2D eigenvalue weighted by atomic mass is 10.0. The quantitative estimate of drug-likeness (QED) is 0.837. The minimum absolute atomic E-state index is 0.109. The van der Waals surface area contributed by atoms with E-state index in [2.05, 4.69) is 22.8 Å². The smallest absolute Gasteiger partial charge is 0.224 e. The maximum Gasteiger partial charge on any atom is 0.224 e. The third kappa shape index (κ3) is 4.85.